The van der Waals surface area contributed by atoms with Crippen LogP contribution in [-0.4, -0.2) is 50.5 Å². The normalized spacial score (nSPS) is 13.2. The third-order valence-electron chi connectivity index (χ3n) is 4.45. The van der Waals surface area contributed by atoms with Crippen molar-refractivity contribution in [3.63, 3.8) is 0 Å². The fourth-order valence-corrected chi connectivity index (χ4v) is 4.66. The smallest absolute Gasteiger partial charge is 0.418 e. The molecule has 0 fully saturated rings. The van der Waals surface area contributed by atoms with Crippen molar-refractivity contribution < 1.29 is 18.8 Å². The lowest BCUT2D eigenvalue weighted by molar-refractivity contribution is 0.159. The fourth-order valence-electron chi connectivity index (χ4n) is 2.79. The Labute approximate surface area is 201 Å². The summed E-state index contributed by atoms with van der Waals surface area (Å²) in [6.07, 6.45) is 0.831. The van der Waals surface area contributed by atoms with Gasteiger partial charge in [-0.05, 0) is 50.0 Å². The third-order valence-corrected chi connectivity index (χ3v) is 6.95. The van der Waals surface area contributed by atoms with Gasteiger partial charge >= 0.3 is 6.09 Å². The summed E-state index contributed by atoms with van der Waals surface area (Å²) in [4.78, 5) is 21.6. The van der Waals surface area contributed by atoms with Gasteiger partial charge in [0.25, 0.3) is 0 Å². The largest absolute Gasteiger partial charge is 0.449 e. The zero-order chi connectivity index (χ0) is 24.7. The maximum Gasteiger partial charge on any atom is 0.418 e. The van der Waals surface area contributed by atoms with Crippen molar-refractivity contribution in [2.75, 3.05) is 23.8 Å². The lowest BCUT2D eigenvalue weighted by Gasteiger charge is -2.16. The van der Waals surface area contributed by atoms with Gasteiger partial charge in [-0.3, -0.25) is 0 Å². The molecule has 1 unspecified atom stereocenters. The first-order chi connectivity index (χ1) is 16.2. The van der Waals surface area contributed by atoms with E-state index in [-0.39, 0.29) is 19.3 Å². The summed E-state index contributed by atoms with van der Waals surface area (Å²) in [7, 11) is -3.07. The topological polar surface area (TPSA) is 149 Å². The number of hydrogen-bond acceptors (Lipinski definition) is 10. The number of rotatable bonds is 9. The third kappa shape index (κ3) is 6.22. The highest BCUT2D eigenvalue weighted by atomic mass is 32.2. The van der Waals surface area contributed by atoms with Crippen molar-refractivity contribution in [1.29, 1.82) is 5.26 Å². The number of aliphatic hydroxyl groups is 1. The lowest BCUT2D eigenvalue weighted by atomic mass is 10.2. The van der Waals surface area contributed by atoms with E-state index in [9.17, 15) is 14.1 Å². The maximum absolute atomic E-state index is 12.7. The number of benzene rings is 1. The van der Waals surface area contributed by atoms with Gasteiger partial charge in [0.15, 0.2) is 0 Å². The highest BCUT2D eigenvalue weighted by Crippen LogP contribution is 2.32. The molecule has 3 rings (SSSR count). The Kier molecular flexibility index (Phi) is 8.06. The van der Waals surface area contributed by atoms with Gasteiger partial charge in [-0.2, -0.15) is 10.2 Å². The predicted molar refractivity (Wildman–Crippen MR) is 134 cm³/mol. The van der Waals surface area contributed by atoms with Crippen molar-refractivity contribution in [3.8, 4) is 16.5 Å². The van der Waals surface area contributed by atoms with E-state index in [1.165, 1.54) is 11.3 Å². The van der Waals surface area contributed by atoms with Crippen molar-refractivity contribution in [2.45, 2.75) is 24.8 Å². The first-order valence-corrected chi connectivity index (χ1v) is 12.8. The molecule has 0 saturated heterocycles. The van der Waals surface area contributed by atoms with Crippen LogP contribution in [-0.2, 0) is 14.4 Å². The Morgan fingerprint density at radius 3 is 2.74 bits per heavy atom. The van der Waals surface area contributed by atoms with Crippen LogP contribution in [0.25, 0.3) is 10.4 Å². The van der Waals surface area contributed by atoms with Crippen molar-refractivity contribution >= 4 is 50.5 Å². The van der Waals surface area contributed by atoms with Crippen LogP contribution in [0.15, 0.2) is 46.8 Å². The van der Waals surface area contributed by atoms with E-state index in [1.807, 2.05) is 6.92 Å². The van der Waals surface area contributed by atoms with E-state index in [1.54, 1.807) is 48.8 Å². The van der Waals surface area contributed by atoms with Gasteiger partial charge in [-0.1, -0.05) is 0 Å². The van der Waals surface area contributed by atoms with Gasteiger partial charge in [0.2, 0.25) is 5.95 Å². The summed E-state index contributed by atoms with van der Waals surface area (Å²) in [5, 5.41) is 26.5. The average molecular weight is 501 g/mol. The van der Waals surface area contributed by atoms with Gasteiger partial charge in [-0.15, -0.1) is 11.3 Å². The monoisotopic (exact) mass is 500 g/mol. The number of amides is 1. The zero-order valence-electron chi connectivity index (χ0n) is 18.6. The lowest BCUT2D eigenvalue weighted by Crippen LogP contribution is -2.30. The predicted octanol–water partition coefficient (Wildman–Crippen LogP) is 3.35. The van der Waals surface area contributed by atoms with Crippen molar-refractivity contribution in [2.24, 2.45) is 0 Å². The first kappa shape index (κ1) is 25.0. The molecule has 4 N–H and O–H groups in total. The summed E-state index contributed by atoms with van der Waals surface area (Å²) in [5.74, 6) is 4.39. The second-order valence-electron chi connectivity index (χ2n) is 7.14. The van der Waals surface area contributed by atoms with E-state index < -0.39 is 15.8 Å². The minimum Gasteiger partial charge on any atom is -0.449 e. The van der Waals surface area contributed by atoms with Crippen molar-refractivity contribution in [1.82, 2.24) is 14.7 Å². The van der Waals surface area contributed by atoms with Crippen LogP contribution in [0.3, 0.4) is 0 Å². The molecule has 1 aromatic carbocycles. The highest BCUT2D eigenvalue weighted by Gasteiger charge is 2.15. The van der Waals surface area contributed by atoms with Crippen LogP contribution in [0.5, 0.6) is 0 Å². The van der Waals surface area contributed by atoms with E-state index in [0.717, 1.165) is 4.88 Å². The maximum atomic E-state index is 12.7. The number of aromatic nitrogens is 2. The number of aliphatic hydroxyl groups excluding tert-OH is 1. The van der Waals surface area contributed by atoms with Crippen LogP contribution in [0.1, 0.15) is 19.4 Å². The number of nitrogens with zero attached hydrogens (tertiary/aromatic N) is 3. The number of hydrogen-bond donors (Lipinski definition) is 4. The van der Waals surface area contributed by atoms with Crippen LogP contribution in [0, 0.1) is 11.3 Å². The molecule has 10 nitrogen and oxygen atoms in total. The average Bonchev–Trinajstić information content (AvgIpc) is 3.28. The Bertz CT molecular complexity index is 1300. The molecule has 12 heteroatoms. The minimum absolute atomic E-state index is 0.0915. The number of carbonyl (C=O) groups is 1. The number of ether oxygens (including phenoxy) is 1. The van der Waals surface area contributed by atoms with Gasteiger partial charge in [-0.25, -0.2) is 18.7 Å². The van der Waals surface area contributed by atoms with Crippen LogP contribution in [0.2, 0.25) is 0 Å². The Morgan fingerprint density at radius 1 is 1.38 bits per heavy atom. The molecule has 0 aliphatic carbocycles. The summed E-state index contributed by atoms with van der Waals surface area (Å²) >= 11 is 1.40. The van der Waals surface area contributed by atoms with E-state index in [2.05, 4.69) is 37.3 Å². The van der Waals surface area contributed by atoms with E-state index in [0.29, 0.717) is 33.5 Å². The zero-order valence-corrected chi connectivity index (χ0v) is 20.2. The molecule has 0 aliphatic heterocycles. The first-order valence-electron chi connectivity index (χ1n) is 10.2. The highest BCUT2D eigenvalue weighted by molar-refractivity contribution is 7.99. The molecule has 2 heterocycles. The van der Waals surface area contributed by atoms with Crippen LogP contribution >= 0.6 is 11.3 Å². The van der Waals surface area contributed by atoms with Crippen LogP contribution in [0.4, 0.5) is 22.2 Å². The molecule has 0 spiro atoms. The fraction of sp³-hybridized carbons (Fsp3) is 0.227. The minimum atomic E-state index is -3.07. The SMILES string of the molecule is C=S(=O)(NC(=O)OCC)c1ccc(Nc2ncc(-c3cc(C#N)cs3)c(N[C@H](C)CO)n2)cc1. The number of nitriles is 1. The summed E-state index contributed by atoms with van der Waals surface area (Å²) in [6, 6.07) is 10.1. The van der Waals surface area contributed by atoms with Gasteiger partial charge < -0.3 is 20.5 Å². The molecule has 3 aromatic rings. The second-order valence-corrected chi connectivity index (χ2v) is 10.1. The second kappa shape index (κ2) is 11.0. The summed E-state index contributed by atoms with van der Waals surface area (Å²) in [6.45, 7) is 3.52. The molecule has 0 bridgehead atoms. The summed E-state index contributed by atoms with van der Waals surface area (Å²) in [5.41, 5.74) is 1.87. The molecule has 2 aromatic heterocycles. The number of nitrogens with one attached hydrogen (secondary N) is 3. The molecule has 0 aliphatic rings. The van der Waals surface area contributed by atoms with Crippen LogP contribution < -0.4 is 15.4 Å². The molecule has 34 heavy (non-hydrogen) atoms. The Morgan fingerprint density at radius 2 is 2.12 bits per heavy atom. The van der Waals surface area contributed by atoms with Crippen molar-refractivity contribution in [3.05, 3.63) is 47.5 Å². The van der Waals surface area contributed by atoms with E-state index >= 15 is 0 Å². The molecule has 0 radical (unpaired) electrons. The number of anilines is 3. The molecule has 2 atom stereocenters. The number of carbonyl (C=O) groups excluding carboxylic acids is 1. The van der Waals surface area contributed by atoms with Gasteiger partial charge in [0.05, 0.1) is 34.0 Å². The van der Waals surface area contributed by atoms with Gasteiger partial charge in [0.1, 0.15) is 11.9 Å². The summed E-state index contributed by atoms with van der Waals surface area (Å²) < 4.78 is 19.7. The standard InChI is InChI=1S/C22H24N6O4S2/c1-4-32-22(30)28-34(3,31)17-7-5-16(6-8-17)26-21-24-11-18(19-9-15(10-23)13-33-19)20(27-21)25-14(2)12-29/h5-9,11,13-14,29H,3-4,12H2,1-2H3,(H,28,30,31)(H2,24,25,26,27)/t14-,34?/m1/s1. The Hall–Kier alpha value is -3.66. The molecule has 1 amide bonds. The number of thiophene rings is 1. The van der Waals surface area contributed by atoms with Gasteiger partial charge in [0, 0.05) is 33.1 Å². The van der Waals surface area contributed by atoms with E-state index in [4.69, 9.17) is 10.00 Å². The quantitative estimate of drug-likeness (QED) is 0.324. The Balaban J connectivity index is 1.83. The molecule has 178 valence electrons. The molecular formula is C22H24N6O4S2. The molecule has 0 saturated carbocycles. The molecular weight excluding hydrogens is 476 g/mol.